The first-order valence-electron chi connectivity index (χ1n) is 6.61. The van der Waals surface area contributed by atoms with Crippen LogP contribution in [0, 0.1) is 23.1 Å². The fraction of sp³-hybridized carbons (Fsp3) is 0.500. The standard InChI is InChI=1S/C14H19FN2O3S/c1-4-20-9-14(10(2)3)17-21(18,19)12-5-6-13(15)11(7-12)8-16/h5-7,10,14,17H,4,9H2,1-3H3. The molecule has 0 amide bonds. The summed E-state index contributed by atoms with van der Waals surface area (Å²) >= 11 is 0. The third kappa shape index (κ3) is 4.77. The van der Waals surface area contributed by atoms with Gasteiger partial charge in [-0.3, -0.25) is 0 Å². The highest BCUT2D eigenvalue weighted by Crippen LogP contribution is 2.16. The highest BCUT2D eigenvalue weighted by atomic mass is 32.2. The van der Waals surface area contributed by atoms with Gasteiger partial charge in [-0.15, -0.1) is 0 Å². The molecule has 0 fully saturated rings. The Morgan fingerprint density at radius 2 is 2.10 bits per heavy atom. The highest BCUT2D eigenvalue weighted by molar-refractivity contribution is 7.89. The van der Waals surface area contributed by atoms with Gasteiger partial charge in [-0.25, -0.2) is 17.5 Å². The molecule has 0 radical (unpaired) electrons. The molecule has 1 N–H and O–H groups in total. The molecule has 0 spiro atoms. The van der Waals surface area contributed by atoms with Crippen LogP contribution in [0.15, 0.2) is 23.1 Å². The van der Waals surface area contributed by atoms with Gasteiger partial charge in [0.05, 0.1) is 17.1 Å². The van der Waals surface area contributed by atoms with Crippen molar-refractivity contribution in [1.29, 1.82) is 5.26 Å². The van der Waals surface area contributed by atoms with Gasteiger partial charge >= 0.3 is 0 Å². The van der Waals surface area contributed by atoms with Crippen molar-refractivity contribution < 1.29 is 17.5 Å². The number of nitriles is 1. The lowest BCUT2D eigenvalue weighted by Gasteiger charge is -2.22. The maximum absolute atomic E-state index is 13.3. The molecule has 116 valence electrons. The Balaban J connectivity index is 3.02. The summed E-state index contributed by atoms with van der Waals surface area (Å²) in [6, 6.07) is 4.36. The molecule has 0 heterocycles. The lowest BCUT2D eigenvalue weighted by atomic mass is 10.1. The number of halogens is 1. The van der Waals surface area contributed by atoms with E-state index in [0.29, 0.717) is 6.61 Å². The average molecular weight is 314 g/mol. The number of hydrogen-bond donors (Lipinski definition) is 1. The van der Waals surface area contributed by atoms with E-state index in [1.54, 1.807) is 6.07 Å². The third-order valence-corrected chi connectivity index (χ3v) is 4.47. The summed E-state index contributed by atoms with van der Waals surface area (Å²) in [5, 5.41) is 8.77. The van der Waals surface area contributed by atoms with Gasteiger partial charge < -0.3 is 4.74 Å². The highest BCUT2D eigenvalue weighted by Gasteiger charge is 2.23. The van der Waals surface area contributed by atoms with Crippen LogP contribution in [-0.4, -0.2) is 27.7 Å². The van der Waals surface area contributed by atoms with Crippen molar-refractivity contribution in [3.05, 3.63) is 29.6 Å². The Labute approximate surface area is 124 Å². The topological polar surface area (TPSA) is 79.2 Å². The molecule has 1 unspecified atom stereocenters. The second-order valence-corrected chi connectivity index (χ2v) is 6.60. The Kier molecular flexibility index (Phi) is 6.27. The maximum atomic E-state index is 13.3. The van der Waals surface area contributed by atoms with E-state index in [1.165, 1.54) is 0 Å². The number of sulfonamides is 1. The van der Waals surface area contributed by atoms with E-state index in [1.807, 2.05) is 20.8 Å². The lowest BCUT2D eigenvalue weighted by Crippen LogP contribution is -2.41. The van der Waals surface area contributed by atoms with Crippen molar-refractivity contribution in [1.82, 2.24) is 4.72 Å². The predicted octanol–water partition coefficient (Wildman–Crippen LogP) is 2.04. The van der Waals surface area contributed by atoms with Crippen molar-refractivity contribution >= 4 is 10.0 Å². The number of nitrogens with zero attached hydrogens (tertiary/aromatic N) is 1. The zero-order chi connectivity index (χ0) is 16.0. The molecule has 0 aromatic heterocycles. The summed E-state index contributed by atoms with van der Waals surface area (Å²) in [6.45, 7) is 6.31. The number of nitrogens with one attached hydrogen (secondary N) is 1. The first-order valence-corrected chi connectivity index (χ1v) is 8.09. The van der Waals surface area contributed by atoms with Crippen molar-refractivity contribution in [2.75, 3.05) is 13.2 Å². The minimum absolute atomic E-state index is 0.0298. The molecule has 0 saturated carbocycles. The molecule has 1 aromatic rings. The molecular formula is C14H19FN2O3S. The van der Waals surface area contributed by atoms with Gasteiger partial charge in [0, 0.05) is 12.6 Å². The number of ether oxygens (including phenoxy) is 1. The van der Waals surface area contributed by atoms with Crippen molar-refractivity contribution in [3.8, 4) is 6.07 Å². The van der Waals surface area contributed by atoms with Gasteiger partial charge in [-0.2, -0.15) is 5.26 Å². The smallest absolute Gasteiger partial charge is 0.240 e. The summed E-state index contributed by atoms with van der Waals surface area (Å²) in [5.41, 5.74) is -0.302. The molecule has 21 heavy (non-hydrogen) atoms. The number of benzene rings is 1. The molecule has 1 aromatic carbocycles. The molecular weight excluding hydrogens is 295 g/mol. The summed E-state index contributed by atoms with van der Waals surface area (Å²) in [7, 11) is -3.83. The molecule has 0 aliphatic carbocycles. The first kappa shape index (κ1) is 17.6. The van der Waals surface area contributed by atoms with E-state index in [9.17, 15) is 12.8 Å². The summed E-state index contributed by atoms with van der Waals surface area (Å²) in [5.74, 6) is -0.714. The Hall–Kier alpha value is -1.49. The van der Waals surface area contributed by atoms with Crippen molar-refractivity contribution in [2.24, 2.45) is 5.92 Å². The minimum Gasteiger partial charge on any atom is -0.380 e. The van der Waals surface area contributed by atoms with Crippen LogP contribution < -0.4 is 4.72 Å². The van der Waals surface area contributed by atoms with Crippen molar-refractivity contribution in [3.63, 3.8) is 0 Å². The van der Waals surface area contributed by atoms with E-state index in [0.717, 1.165) is 18.2 Å². The zero-order valence-corrected chi connectivity index (χ0v) is 13.1. The van der Waals surface area contributed by atoms with E-state index in [2.05, 4.69) is 4.72 Å². The van der Waals surface area contributed by atoms with Crippen LogP contribution >= 0.6 is 0 Å². The second-order valence-electron chi connectivity index (χ2n) is 4.88. The van der Waals surface area contributed by atoms with E-state index in [4.69, 9.17) is 10.00 Å². The van der Waals surface area contributed by atoms with Gasteiger partial charge in [0.15, 0.2) is 0 Å². The summed E-state index contributed by atoms with van der Waals surface area (Å²) < 4.78 is 45.6. The minimum atomic E-state index is -3.83. The van der Waals surface area contributed by atoms with Crippen LogP contribution in [0.2, 0.25) is 0 Å². The molecule has 1 rings (SSSR count). The number of hydrogen-bond acceptors (Lipinski definition) is 4. The first-order chi connectivity index (χ1) is 9.81. The molecule has 0 aliphatic heterocycles. The largest absolute Gasteiger partial charge is 0.380 e. The van der Waals surface area contributed by atoms with Crippen LogP contribution in [0.5, 0.6) is 0 Å². The molecule has 0 saturated heterocycles. The van der Waals surface area contributed by atoms with Crippen LogP contribution in [-0.2, 0) is 14.8 Å². The fourth-order valence-corrected chi connectivity index (χ4v) is 3.03. The van der Waals surface area contributed by atoms with Gasteiger partial charge in [0.1, 0.15) is 11.9 Å². The molecule has 5 nitrogen and oxygen atoms in total. The Morgan fingerprint density at radius 1 is 1.43 bits per heavy atom. The monoisotopic (exact) mass is 314 g/mol. The Morgan fingerprint density at radius 3 is 2.62 bits per heavy atom. The van der Waals surface area contributed by atoms with E-state index in [-0.39, 0.29) is 23.0 Å². The molecule has 0 bridgehead atoms. The van der Waals surface area contributed by atoms with Crippen LogP contribution in [0.1, 0.15) is 26.3 Å². The normalized spacial score (nSPS) is 13.1. The van der Waals surface area contributed by atoms with Crippen LogP contribution in [0.3, 0.4) is 0 Å². The molecule has 1 atom stereocenters. The van der Waals surface area contributed by atoms with E-state index < -0.39 is 21.9 Å². The number of rotatable bonds is 7. The van der Waals surface area contributed by atoms with Crippen LogP contribution in [0.25, 0.3) is 0 Å². The van der Waals surface area contributed by atoms with Crippen molar-refractivity contribution in [2.45, 2.75) is 31.7 Å². The SMILES string of the molecule is CCOCC(NS(=O)(=O)c1ccc(F)c(C#N)c1)C(C)C. The van der Waals surface area contributed by atoms with Crippen LogP contribution in [0.4, 0.5) is 4.39 Å². The third-order valence-electron chi connectivity index (χ3n) is 2.98. The maximum Gasteiger partial charge on any atom is 0.240 e. The quantitative estimate of drug-likeness (QED) is 0.835. The van der Waals surface area contributed by atoms with Gasteiger partial charge in [0.25, 0.3) is 0 Å². The van der Waals surface area contributed by atoms with Gasteiger partial charge in [-0.05, 0) is 31.0 Å². The van der Waals surface area contributed by atoms with Gasteiger partial charge in [-0.1, -0.05) is 13.8 Å². The van der Waals surface area contributed by atoms with E-state index >= 15 is 0 Å². The zero-order valence-electron chi connectivity index (χ0n) is 12.3. The predicted molar refractivity (Wildman–Crippen MR) is 76.6 cm³/mol. The molecule has 0 aliphatic rings. The summed E-state index contributed by atoms with van der Waals surface area (Å²) in [4.78, 5) is -0.136. The summed E-state index contributed by atoms with van der Waals surface area (Å²) in [6.07, 6.45) is 0. The average Bonchev–Trinajstić information content (AvgIpc) is 2.43. The lowest BCUT2D eigenvalue weighted by molar-refractivity contribution is 0.116. The molecule has 7 heteroatoms. The van der Waals surface area contributed by atoms with Gasteiger partial charge in [0.2, 0.25) is 10.0 Å². The Bertz CT molecular complexity index is 624. The fourth-order valence-electron chi connectivity index (χ4n) is 1.63. The second kappa shape index (κ2) is 7.50.